The summed E-state index contributed by atoms with van der Waals surface area (Å²) in [5.74, 6) is 0.307. The largest absolute Gasteiger partial charge is 0.497 e. The van der Waals surface area contributed by atoms with E-state index in [0.717, 1.165) is 11.3 Å². The maximum atomic E-state index is 13.9. The molecule has 6 nitrogen and oxygen atoms in total. The molecule has 0 aliphatic heterocycles. The second kappa shape index (κ2) is 9.48. The Morgan fingerprint density at radius 1 is 1.08 bits per heavy atom. The Bertz CT molecular complexity index is 692. The zero-order valence-electron chi connectivity index (χ0n) is 14.2. The molecular formula is C18H21FN2O4. The fourth-order valence-electron chi connectivity index (χ4n) is 2.03. The highest BCUT2D eigenvalue weighted by Gasteiger charge is 2.07. The standard InChI is InChI=1S/C18H21FN2O4/c1-23-9-10-25-17-8-5-14(11-16(17)19)21-18(22)20-12-13-3-6-15(24-2)7-4-13/h3-8,11H,9-10,12H2,1-2H3,(H2,20,21,22). The van der Waals surface area contributed by atoms with Crippen LogP contribution < -0.4 is 20.1 Å². The van der Waals surface area contributed by atoms with Crippen molar-refractivity contribution in [3.63, 3.8) is 0 Å². The molecule has 2 amide bonds. The third-order valence-electron chi connectivity index (χ3n) is 3.35. The van der Waals surface area contributed by atoms with Crippen LogP contribution in [0.15, 0.2) is 42.5 Å². The molecule has 0 aromatic heterocycles. The molecule has 25 heavy (non-hydrogen) atoms. The number of carbonyl (C=O) groups is 1. The van der Waals surface area contributed by atoms with E-state index in [-0.39, 0.29) is 12.4 Å². The molecule has 0 aliphatic rings. The monoisotopic (exact) mass is 348 g/mol. The molecule has 7 heteroatoms. The van der Waals surface area contributed by atoms with E-state index in [1.807, 2.05) is 24.3 Å². The van der Waals surface area contributed by atoms with E-state index in [2.05, 4.69) is 10.6 Å². The minimum atomic E-state index is -0.552. The molecule has 0 saturated heterocycles. The summed E-state index contributed by atoms with van der Waals surface area (Å²) in [6.07, 6.45) is 0. The van der Waals surface area contributed by atoms with Crippen LogP contribution in [-0.2, 0) is 11.3 Å². The topological polar surface area (TPSA) is 68.8 Å². The maximum absolute atomic E-state index is 13.9. The quantitative estimate of drug-likeness (QED) is 0.719. The van der Waals surface area contributed by atoms with E-state index < -0.39 is 11.8 Å². The predicted octanol–water partition coefficient (Wildman–Crippen LogP) is 3.18. The smallest absolute Gasteiger partial charge is 0.319 e. The number of urea groups is 1. The van der Waals surface area contributed by atoms with Gasteiger partial charge >= 0.3 is 6.03 Å². The summed E-state index contributed by atoms with van der Waals surface area (Å²) in [7, 11) is 3.13. The first kappa shape index (κ1) is 18.5. The lowest BCUT2D eigenvalue weighted by Gasteiger charge is -2.10. The fourth-order valence-corrected chi connectivity index (χ4v) is 2.03. The normalized spacial score (nSPS) is 10.2. The zero-order chi connectivity index (χ0) is 18.1. The van der Waals surface area contributed by atoms with Gasteiger partial charge in [0.25, 0.3) is 0 Å². The summed E-state index contributed by atoms with van der Waals surface area (Å²) in [4.78, 5) is 11.9. The predicted molar refractivity (Wildman–Crippen MR) is 92.6 cm³/mol. The van der Waals surface area contributed by atoms with Crippen LogP contribution in [-0.4, -0.2) is 33.5 Å². The summed E-state index contributed by atoms with van der Waals surface area (Å²) in [6, 6.07) is 11.1. The number of benzene rings is 2. The average Bonchev–Trinajstić information content (AvgIpc) is 2.62. The first-order chi connectivity index (χ1) is 12.1. The SMILES string of the molecule is COCCOc1ccc(NC(=O)NCc2ccc(OC)cc2)cc1F. The molecular weight excluding hydrogens is 327 g/mol. The van der Waals surface area contributed by atoms with Gasteiger partial charge in [-0.25, -0.2) is 9.18 Å². The highest BCUT2D eigenvalue weighted by molar-refractivity contribution is 5.89. The molecule has 0 fully saturated rings. The highest BCUT2D eigenvalue weighted by atomic mass is 19.1. The molecule has 0 unspecified atom stereocenters. The van der Waals surface area contributed by atoms with Gasteiger partial charge in [-0.2, -0.15) is 0 Å². The Hall–Kier alpha value is -2.80. The van der Waals surface area contributed by atoms with Crippen LogP contribution in [0.1, 0.15) is 5.56 Å². The first-order valence-corrected chi connectivity index (χ1v) is 7.71. The number of halogens is 1. The van der Waals surface area contributed by atoms with Crippen LogP contribution >= 0.6 is 0 Å². The molecule has 0 saturated carbocycles. The zero-order valence-corrected chi connectivity index (χ0v) is 14.2. The number of hydrogen-bond donors (Lipinski definition) is 2. The van der Waals surface area contributed by atoms with Gasteiger partial charge in [-0.15, -0.1) is 0 Å². The van der Waals surface area contributed by atoms with Crippen LogP contribution in [0.2, 0.25) is 0 Å². The van der Waals surface area contributed by atoms with Crippen LogP contribution in [0, 0.1) is 5.82 Å². The summed E-state index contributed by atoms with van der Waals surface area (Å²) >= 11 is 0. The van der Waals surface area contributed by atoms with Crippen LogP contribution in [0.25, 0.3) is 0 Å². The van der Waals surface area contributed by atoms with Crippen molar-refractivity contribution in [2.24, 2.45) is 0 Å². The number of nitrogens with one attached hydrogen (secondary N) is 2. The van der Waals surface area contributed by atoms with Gasteiger partial charge in [-0.3, -0.25) is 0 Å². The number of ether oxygens (including phenoxy) is 3. The van der Waals surface area contributed by atoms with E-state index in [4.69, 9.17) is 14.2 Å². The van der Waals surface area contributed by atoms with E-state index in [1.165, 1.54) is 19.2 Å². The minimum absolute atomic E-state index is 0.112. The number of amides is 2. The number of anilines is 1. The minimum Gasteiger partial charge on any atom is -0.497 e. The number of rotatable bonds is 8. The van der Waals surface area contributed by atoms with E-state index in [1.54, 1.807) is 13.2 Å². The number of hydrogen-bond acceptors (Lipinski definition) is 4. The third kappa shape index (κ3) is 5.96. The highest BCUT2D eigenvalue weighted by Crippen LogP contribution is 2.21. The Labute approximate surface area is 145 Å². The van der Waals surface area contributed by atoms with Crippen LogP contribution in [0.3, 0.4) is 0 Å². The van der Waals surface area contributed by atoms with Gasteiger partial charge in [0.2, 0.25) is 0 Å². The van der Waals surface area contributed by atoms with Crippen LogP contribution in [0.5, 0.6) is 11.5 Å². The van der Waals surface area contributed by atoms with Crippen molar-refractivity contribution >= 4 is 11.7 Å². The van der Waals surface area contributed by atoms with Gasteiger partial charge in [0.15, 0.2) is 11.6 Å². The van der Waals surface area contributed by atoms with Gasteiger partial charge in [0, 0.05) is 25.4 Å². The van der Waals surface area contributed by atoms with Gasteiger partial charge in [-0.1, -0.05) is 12.1 Å². The maximum Gasteiger partial charge on any atom is 0.319 e. The summed E-state index contributed by atoms with van der Waals surface area (Å²) in [6.45, 7) is 0.965. The molecule has 2 aromatic carbocycles. The summed E-state index contributed by atoms with van der Waals surface area (Å²) in [5, 5.41) is 5.27. The lowest BCUT2D eigenvalue weighted by Crippen LogP contribution is -2.28. The van der Waals surface area contributed by atoms with Gasteiger partial charge < -0.3 is 24.8 Å². The van der Waals surface area contributed by atoms with Crippen molar-refractivity contribution in [2.75, 3.05) is 32.8 Å². The second-order valence-electron chi connectivity index (χ2n) is 5.14. The molecule has 134 valence electrons. The molecule has 2 N–H and O–H groups in total. The van der Waals surface area contributed by atoms with Gasteiger partial charge in [-0.05, 0) is 29.8 Å². The van der Waals surface area contributed by atoms with Crippen molar-refractivity contribution in [1.82, 2.24) is 5.32 Å². The lowest BCUT2D eigenvalue weighted by atomic mass is 10.2. The lowest BCUT2D eigenvalue weighted by molar-refractivity contribution is 0.144. The molecule has 0 bridgehead atoms. The molecule has 0 atom stereocenters. The van der Waals surface area contributed by atoms with E-state index in [9.17, 15) is 9.18 Å². The van der Waals surface area contributed by atoms with Crippen LogP contribution in [0.4, 0.5) is 14.9 Å². The van der Waals surface area contributed by atoms with Gasteiger partial charge in [0.05, 0.1) is 13.7 Å². The average molecular weight is 348 g/mol. The molecule has 0 radical (unpaired) electrons. The molecule has 0 aliphatic carbocycles. The summed E-state index contributed by atoms with van der Waals surface area (Å²) < 4.78 is 29.0. The van der Waals surface area contributed by atoms with Crippen molar-refractivity contribution in [2.45, 2.75) is 6.54 Å². The third-order valence-corrected chi connectivity index (χ3v) is 3.35. The fraction of sp³-hybridized carbons (Fsp3) is 0.278. The van der Waals surface area contributed by atoms with Gasteiger partial charge in [0.1, 0.15) is 12.4 Å². The van der Waals surface area contributed by atoms with E-state index >= 15 is 0 Å². The Kier molecular flexibility index (Phi) is 7.03. The molecule has 0 heterocycles. The Morgan fingerprint density at radius 2 is 1.84 bits per heavy atom. The Balaban J connectivity index is 1.84. The second-order valence-corrected chi connectivity index (χ2v) is 5.14. The molecule has 2 aromatic rings. The summed E-state index contributed by atoms with van der Waals surface area (Å²) in [5.41, 5.74) is 1.26. The molecule has 2 rings (SSSR count). The van der Waals surface area contributed by atoms with Crippen molar-refractivity contribution < 1.29 is 23.4 Å². The van der Waals surface area contributed by atoms with Crippen molar-refractivity contribution in [3.8, 4) is 11.5 Å². The Morgan fingerprint density at radius 3 is 2.48 bits per heavy atom. The molecule has 0 spiro atoms. The first-order valence-electron chi connectivity index (χ1n) is 7.71. The van der Waals surface area contributed by atoms with E-state index in [0.29, 0.717) is 18.8 Å². The van der Waals surface area contributed by atoms with Crippen molar-refractivity contribution in [3.05, 3.63) is 53.8 Å². The number of methoxy groups -OCH3 is 2. The number of carbonyl (C=O) groups excluding carboxylic acids is 1. The van der Waals surface area contributed by atoms with Crippen molar-refractivity contribution in [1.29, 1.82) is 0 Å².